The molecule has 2 aromatic carbocycles. The van der Waals surface area contributed by atoms with Crippen molar-refractivity contribution in [1.82, 2.24) is 0 Å². The van der Waals surface area contributed by atoms with Crippen LogP contribution in [0, 0.1) is 0 Å². The summed E-state index contributed by atoms with van der Waals surface area (Å²) in [5.74, 6) is -0.303. The second-order valence-electron chi connectivity index (χ2n) is 6.24. The van der Waals surface area contributed by atoms with Crippen LogP contribution in [-0.4, -0.2) is 35.7 Å². The molecule has 0 atom stereocenters. The predicted molar refractivity (Wildman–Crippen MR) is 121 cm³/mol. The van der Waals surface area contributed by atoms with Gasteiger partial charge in [-0.1, -0.05) is 24.3 Å². The van der Waals surface area contributed by atoms with Crippen molar-refractivity contribution < 1.29 is 27.4 Å². The first kappa shape index (κ1) is 22.4. The van der Waals surface area contributed by atoms with Gasteiger partial charge in [0.25, 0.3) is 10.0 Å². The van der Waals surface area contributed by atoms with Crippen LogP contribution < -0.4 is 14.2 Å². The number of rotatable bonds is 8. The third-order valence-corrected chi connectivity index (χ3v) is 6.60. The van der Waals surface area contributed by atoms with Crippen molar-refractivity contribution >= 4 is 39.1 Å². The molecule has 0 radical (unpaired) electrons. The first-order valence-electron chi connectivity index (χ1n) is 9.07. The zero-order chi connectivity index (χ0) is 22.4. The number of para-hydroxylation sites is 1. The molecule has 3 aromatic rings. The molecule has 0 spiro atoms. The lowest BCUT2D eigenvalue weighted by Crippen LogP contribution is -2.15. The minimum absolute atomic E-state index is 0.0545. The van der Waals surface area contributed by atoms with Crippen LogP contribution in [0.1, 0.15) is 5.56 Å². The SMILES string of the molecule is COC(=O)C=Cc1cc(OC)c(OC)c(S(=O)(=O)Nc2ccccc2-c2cccs2)c1. The zero-order valence-electron chi connectivity index (χ0n) is 17.1. The Bertz CT molecular complexity index is 1200. The molecule has 0 aliphatic heterocycles. The zero-order valence-corrected chi connectivity index (χ0v) is 18.7. The van der Waals surface area contributed by atoms with Gasteiger partial charge in [0.1, 0.15) is 4.90 Å². The molecule has 31 heavy (non-hydrogen) atoms. The Kier molecular flexibility index (Phi) is 6.98. The molecule has 0 bridgehead atoms. The Hall–Kier alpha value is -3.30. The predicted octanol–water partition coefficient (Wildman–Crippen LogP) is 4.42. The Morgan fingerprint density at radius 2 is 1.81 bits per heavy atom. The standard InChI is InChI=1S/C22H21NO6S2/c1-27-18-13-15(10-11-21(24)28-2)14-20(22(18)29-3)31(25,26)23-17-8-5-4-7-16(17)19-9-6-12-30-19/h4-14,23H,1-3H3. The fourth-order valence-corrected chi connectivity index (χ4v) is 4.96. The lowest BCUT2D eigenvalue weighted by atomic mass is 10.1. The third kappa shape index (κ3) is 5.07. The van der Waals surface area contributed by atoms with E-state index < -0.39 is 16.0 Å². The van der Waals surface area contributed by atoms with Gasteiger partial charge in [0.05, 0.1) is 27.0 Å². The van der Waals surface area contributed by atoms with E-state index in [9.17, 15) is 13.2 Å². The Labute approximate surface area is 184 Å². The van der Waals surface area contributed by atoms with Crippen LogP contribution in [0.4, 0.5) is 5.69 Å². The second-order valence-corrected chi connectivity index (χ2v) is 8.84. The third-order valence-electron chi connectivity index (χ3n) is 4.33. The molecule has 1 aromatic heterocycles. The quantitative estimate of drug-likeness (QED) is 0.396. The molecule has 0 aliphatic rings. The molecule has 162 valence electrons. The smallest absolute Gasteiger partial charge is 0.330 e. The largest absolute Gasteiger partial charge is 0.493 e. The Morgan fingerprint density at radius 1 is 1.03 bits per heavy atom. The molecule has 1 N–H and O–H groups in total. The average Bonchev–Trinajstić information content (AvgIpc) is 3.31. The summed E-state index contributed by atoms with van der Waals surface area (Å²) in [4.78, 5) is 12.2. The number of ether oxygens (including phenoxy) is 3. The van der Waals surface area contributed by atoms with Crippen molar-refractivity contribution in [1.29, 1.82) is 0 Å². The highest BCUT2D eigenvalue weighted by atomic mass is 32.2. The van der Waals surface area contributed by atoms with Gasteiger partial charge in [0.15, 0.2) is 11.5 Å². The monoisotopic (exact) mass is 459 g/mol. The van der Waals surface area contributed by atoms with Gasteiger partial charge in [-0.05, 0) is 41.3 Å². The van der Waals surface area contributed by atoms with Crippen LogP contribution in [0.2, 0.25) is 0 Å². The maximum Gasteiger partial charge on any atom is 0.330 e. The number of methoxy groups -OCH3 is 3. The van der Waals surface area contributed by atoms with Crippen molar-refractivity contribution in [2.24, 2.45) is 0 Å². The fraction of sp³-hybridized carbons (Fsp3) is 0.136. The summed E-state index contributed by atoms with van der Waals surface area (Å²) in [6.07, 6.45) is 2.63. The topological polar surface area (TPSA) is 90.9 Å². The van der Waals surface area contributed by atoms with E-state index in [2.05, 4.69) is 9.46 Å². The molecular formula is C22H21NO6S2. The van der Waals surface area contributed by atoms with Gasteiger partial charge in [-0.25, -0.2) is 13.2 Å². The van der Waals surface area contributed by atoms with Gasteiger partial charge in [0.2, 0.25) is 0 Å². The molecule has 9 heteroatoms. The van der Waals surface area contributed by atoms with Gasteiger partial charge in [-0.2, -0.15) is 0 Å². The number of thiophene rings is 1. The molecule has 0 saturated carbocycles. The van der Waals surface area contributed by atoms with Crippen LogP contribution in [0.25, 0.3) is 16.5 Å². The summed E-state index contributed by atoms with van der Waals surface area (Å²) >= 11 is 1.51. The van der Waals surface area contributed by atoms with Crippen LogP contribution >= 0.6 is 11.3 Å². The number of hydrogen-bond donors (Lipinski definition) is 1. The second kappa shape index (κ2) is 9.67. The van der Waals surface area contributed by atoms with Crippen LogP contribution in [0.15, 0.2) is 64.9 Å². The van der Waals surface area contributed by atoms with Gasteiger partial charge >= 0.3 is 5.97 Å². The highest BCUT2D eigenvalue weighted by Gasteiger charge is 2.25. The number of carbonyl (C=O) groups is 1. The fourth-order valence-electron chi connectivity index (χ4n) is 2.90. The van der Waals surface area contributed by atoms with Crippen LogP contribution in [0.5, 0.6) is 11.5 Å². The summed E-state index contributed by atoms with van der Waals surface area (Å²) < 4.78 is 44.6. The molecular weight excluding hydrogens is 438 g/mol. The van der Waals surface area contributed by atoms with E-state index in [1.54, 1.807) is 18.2 Å². The van der Waals surface area contributed by atoms with E-state index in [0.29, 0.717) is 11.3 Å². The van der Waals surface area contributed by atoms with Crippen molar-refractivity contribution in [3.05, 3.63) is 65.6 Å². The first-order chi connectivity index (χ1) is 14.9. The van der Waals surface area contributed by atoms with E-state index in [1.807, 2.05) is 29.6 Å². The number of carbonyl (C=O) groups excluding carboxylic acids is 1. The van der Waals surface area contributed by atoms with E-state index in [4.69, 9.17) is 9.47 Å². The van der Waals surface area contributed by atoms with E-state index in [-0.39, 0.29) is 16.4 Å². The number of hydrogen-bond acceptors (Lipinski definition) is 7. The number of nitrogens with one attached hydrogen (secondary N) is 1. The lowest BCUT2D eigenvalue weighted by Gasteiger charge is -2.16. The molecule has 3 rings (SSSR count). The van der Waals surface area contributed by atoms with E-state index >= 15 is 0 Å². The maximum absolute atomic E-state index is 13.4. The van der Waals surface area contributed by atoms with E-state index in [1.165, 1.54) is 50.9 Å². The van der Waals surface area contributed by atoms with Crippen molar-refractivity contribution in [2.75, 3.05) is 26.1 Å². The number of sulfonamides is 1. The lowest BCUT2D eigenvalue weighted by molar-refractivity contribution is -0.134. The van der Waals surface area contributed by atoms with Gasteiger partial charge < -0.3 is 14.2 Å². The molecule has 0 unspecified atom stereocenters. The van der Waals surface area contributed by atoms with Crippen molar-refractivity contribution in [3.8, 4) is 21.9 Å². The molecule has 0 aliphatic carbocycles. The Balaban J connectivity index is 2.08. The van der Waals surface area contributed by atoms with Gasteiger partial charge in [-0.3, -0.25) is 4.72 Å². The normalized spacial score (nSPS) is 11.3. The van der Waals surface area contributed by atoms with Gasteiger partial charge in [0, 0.05) is 16.5 Å². The molecule has 7 nitrogen and oxygen atoms in total. The van der Waals surface area contributed by atoms with E-state index in [0.717, 1.165) is 10.4 Å². The van der Waals surface area contributed by atoms with Crippen molar-refractivity contribution in [2.45, 2.75) is 4.90 Å². The maximum atomic E-state index is 13.4. The minimum atomic E-state index is -4.07. The summed E-state index contributed by atoms with van der Waals surface area (Å²) in [6, 6.07) is 13.9. The number of benzene rings is 2. The Morgan fingerprint density at radius 3 is 2.45 bits per heavy atom. The molecule has 0 saturated heterocycles. The molecule has 0 amide bonds. The van der Waals surface area contributed by atoms with Crippen LogP contribution in [0.3, 0.4) is 0 Å². The summed E-state index contributed by atoms with van der Waals surface area (Å²) in [6.45, 7) is 0. The van der Waals surface area contributed by atoms with Crippen LogP contribution in [-0.2, 0) is 19.6 Å². The van der Waals surface area contributed by atoms with Gasteiger partial charge in [-0.15, -0.1) is 11.3 Å². The minimum Gasteiger partial charge on any atom is -0.493 e. The molecule has 0 fully saturated rings. The highest BCUT2D eigenvalue weighted by molar-refractivity contribution is 7.92. The number of anilines is 1. The number of esters is 1. The highest BCUT2D eigenvalue weighted by Crippen LogP contribution is 2.38. The summed E-state index contributed by atoms with van der Waals surface area (Å²) in [7, 11) is -0.0474. The van der Waals surface area contributed by atoms with Crippen molar-refractivity contribution in [3.63, 3.8) is 0 Å². The summed E-state index contributed by atoms with van der Waals surface area (Å²) in [5, 5.41) is 1.92. The summed E-state index contributed by atoms with van der Waals surface area (Å²) in [5.41, 5.74) is 1.62. The molecule has 1 heterocycles. The first-order valence-corrected chi connectivity index (χ1v) is 11.4. The average molecular weight is 460 g/mol.